The molecule has 0 aliphatic heterocycles. The van der Waals surface area contributed by atoms with Crippen LogP contribution in [0.2, 0.25) is 0 Å². The molecule has 4 nitrogen and oxygen atoms in total. The van der Waals surface area contributed by atoms with E-state index >= 15 is 0 Å². The van der Waals surface area contributed by atoms with E-state index in [1.54, 1.807) is 6.20 Å². The summed E-state index contributed by atoms with van der Waals surface area (Å²) < 4.78 is 2.27. The largest absolute Gasteiger partial charge is 0.345 e. The molecule has 2 heterocycles. The molecule has 1 N–H and O–H groups in total. The second-order valence-corrected chi connectivity index (χ2v) is 5.57. The van der Waals surface area contributed by atoms with Gasteiger partial charge in [0.05, 0.1) is 5.56 Å². The average Bonchev–Trinajstić information content (AvgIpc) is 2.94. The van der Waals surface area contributed by atoms with Crippen molar-refractivity contribution in [3.63, 3.8) is 0 Å². The zero-order valence-corrected chi connectivity index (χ0v) is 11.3. The van der Waals surface area contributed by atoms with Crippen molar-refractivity contribution in [1.29, 1.82) is 0 Å². The number of aromatic nitrogens is 2. The minimum Gasteiger partial charge on any atom is -0.345 e. The van der Waals surface area contributed by atoms with Gasteiger partial charge in [0.1, 0.15) is 0 Å². The van der Waals surface area contributed by atoms with Gasteiger partial charge in [0.2, 0.25) is 0 Å². The van der Waals surface area contributed by atoms with Crippen molar-refractivity contribution in [2.75, 3.05) is 5.32 Å². The van der Waals surface area contributed by atoms with Crippen LogP contribution in [-0.2, 0) is 0 Å². The molecule has 1 amide bonds. The Kier molecular flexibility index (Phi) is 2.70. The summed E-state index contributed by atoms with van der Waals surface area (Å²) in [5.74, 6) is -0.0649. The van der Waals surface area contributed by atoms with E-state index in [4.69, 9.17) is 0 Å². The van der Waals surface area contributed by atoms with Gasteiger partial charge in [-0.25, -0.2) is 4.98 Å². The summed E-state index contributed by atoms with van der Waals surface area (Å²) in [6, 6.07) is 2.57. The molecule has 0 spiro atoms. The first-order valence-electron chi connectivity index (χ1n) is 6.06. The molecule has 1 aliphatic rings. The minimum absolute atomic E-state index is 0.0649. The monoisotopic (exact) mass is 261 g/mol. The van der Waals surface area contributed by atoms with Crippen molar-refractivity contribution in [1.82, 2.24) is 9.55 Å². The molecule has 3 rings (SSSR count). The maximum Gasteiger partial charge on any atom is 0.259 e. The van der Waals surface area contributed by atoms with Crippen molar-refractivity contribution >= 4 is 22.4 Å². The summed E-state index contributed by atoms with van der Waals surface area (Å²) in [7, 11) is 0. The molecule has 2 aromatic rings. The number of nitrogens with zero attached hydrogens (tertiary/aromatic N) is 2. The summed E-state index contributed by atoms with van der Waals surface area (Å²) in [5, 5.41) is 5.33. The van der Waals surface area contributed by atoms with Gasteiger partial charge in [-0.05, 0) is 32.8 Å². The third-order valence-corrected chi connectivity index (χ3v) is 3.98. The maximum atomic E-state index is 12.2. The smallest absolute Gasteiger partial charge is 0.259 e. The third kappa shape index (κ3) is 1.95. The first-order chi connectivity index (χ1) is 8.66. The van der Waals surface area contributed by atoms with E-state index in [2.05, 4.69) is 21.8 Å². The zero-order chi connectivity index (χ0) is 12.7. The number of rotatable bonds is 3. The Morgan fingerprint density at radius 1 is 1.50 bits per heavy atom. The number of amides is 1. The standard InChI is InChI=1S/C13H15N3OS/c1-8-7-11(9(2)16(8)10-3-4-10)12(17)15-13-14-5-6-18-13/h5-7,10H,3-4H2,1-2H3,(H,14,15,17). The normalized spacial score (nSPS) is 14.8. The highest BCUT2D eigenvalue weighted by Crippen LogP contribution is 2.38. The highest BCUT2D eigenvalue weighted by molar-refractivity contribution is 7.13. The predicted molar refractivity (Wildman–Crippen MR) is 72.2 cm³/mol. The van der Waals surface area contributed by atoms with Gasteiger partial charge >= 0.3 is 0 Å². The second kappa shape index (κ2) is 4.24. The van der Waals surface area contributed by atoms with Crippen LogP contribution in [0.3, 0.4) is 0 Å². The number of hydrogen-bond donors (Lipinski definition) is 1. The van der Waals surface area contributed by atoms with Gasteiger partial charge in [-0.1, -0.05) is 0 Å². The van der Waals surface area contributed by atoms with Crippen LogP contribution in [0.25, 0.3) is 0 Å². The SMILES string of the molecule is Cc1cc(C(=O)Nc2nccs2)c(C)n1C1CC1. The summed E-state index contributed by atoms with van der Waals surface area (Å²) in [6.07, 6.45) is 4.14. The first-order valence-corrected chi connectivity index (χ1v) is 6.94. The molecule has 1 saturated carbocycles. The van der Waals surface area contributed by atoms with Crippen LogP contribution in [0.4, 0.5) is 5.13 Å². The number of hydrogen-bond acceptors (Lipinski definition) is 3. The Morgan fingerprint density at radius 3 is 2.89 bits per heavy atom. The topological polar surface area (TPSA) is 46.9 Å². The number of carbonyl (C=O) groups is 1. The number of anilines is 1. The molecule has 1 fully saturated rings. The molecule has 5 heteroatoms. The fourth-order valence-corrected chi connectivity index (χ4v) is 2.88. The molecular formula is C13H15N3OS. The fourth-order valence-electron chi connectivity index (χ4n) is 2.35. The van der Waals surface area contributed by atoms with Crippen LogP contribution in [0.5, 0.6) is 0 Å². The van der Waals surface area contributed by atoms with Crippen LogP contribution < -0.4 is 5.32 Å². The maximum absolute atomic E-state index is 12.2. The van der Waals surface area contributed by atoms with Gasteiger partial charge in [0.15, 0.2) is 5.13 Å². The fraction of sp³-hybridized carbons (Fsp3) is 0.385. The van der Waals surface area contributed by atoms with Crippen LogP contribution in [0.1, 0.15) is 40.6 Å². The predicted octanol–water partition coefficient (Wildman–Crippen LogP) is 3.15. The summed E-state index contributed by atoms with van der Waals surface area (Å²) in [4.78, 5) is 16.3. The molecule has 0 atom stereocenters. The number of thiazole rings is 1. The summed E-state index contributed by atoms with van der Waals surface area (Å²) in [6.45, 7) is 4.08. The Labute approximate surface area is 110 Å². The Morgan fingerprint density at radius 2 is 2.28 bits per heavy atom. The Hall–Kier alpha value is -1.62. The van der Waals surface area contributed by atoms with Crippen molar-refractivity contribution < 1.29 is 4.79 Å². The van der Waals surface area contributed by atoms with Crippen LogP contribution in [0.15, 0.2) is 17.6 Å². The zero-order valence-electron chi connectivity index (χ0n) is 10.4. The van der Waals surface area contributed by atoms with E-state index < -0.39 is 0 Å². The van der Waals surface area contributed by atoms with Gasteiger partial charge in [-0.15, -0.1) is 11.3 Å². The average molecular weight is 261 g/mol. The third-order valence-electron chi connectivity index (χ3n) is 3.29. The van der Waals surface area contributed by atoms with Crippen molar-refractivity contribution in [3.8, 4) is 0 Å². The Balaban J connectivity index is 1.87. The number of nitrogens with one attached hydrogen (secondary N) is 1. The van der Waals surface area contributed by atoms with Gasteiger partial charge < -0.3 is 4.57 Å². The van der Waals surface area contributed by atoms with Crippen molar-refractivity contribution in [3.05, 3.63) is 34.6 Å². The molecule has 94 valence electrons. The lowest BCUT2D eigenvalue weighted by atomic mass is 10.2. The Bertz CT molecular complexity index is 582. The van der Waals surface area contributed by atoms with Gasteiger partial charge in [-0.2, -0.15) is 0 Å². The summed E-state index contributed by atoms with van der Waals surface area (Å²) in [5.41, 5.74) is 2.98. The molecule has 0 aromatic carbocycles. The molecule has 0 unspecified atom stereocenters. The molecule has 1 aliphatic carbocycles. The van der Waals surface area contributed by atoms with Crippen molar-refractivity contribution in [2.45, 2.75) is 32.7 Å². The highest BCUT2D eigenvalue weighted by atomic mass is 32.1. The lowest BCUT2D eigenvalue weighted by molar-refractivity contribution is 0.102. The highest BCUT2D eigenvalue weighted by Gasteiger charge is 2.28. The minimum atomic E-state index is -0.0649. The lowest BCUT2D eigenvalue weighted by Gasteiger charge is -2.07. The van der Waals surface area contributed by atoms with E-state index in [1.807, 2.05) is 18.4 Å². The van der Waals surface area contributed by atoms with E-state index in [0.29, 0.717) is 11.2 Å². The van der Waals surface area contributed by atoms with Crippen LogP contribution in [0, 0.1) is 13.8 Å². The van der Waals surface area contributed by atoms with Crippen LogP contribution >= 0.6 is 11.3 Å². The van der Waals surface area contributed by atoms with E-state index in [9.17, 15) is 4.79 Å². The first kappa shape index (κ1) is 11.5. The van der Waals surface area contributed by atoms with Crippen LogP contribution in [-0.4, -0.2) is 15.5 Å². The van der Waals surface area contributed by atoms with Gasteiger partial charge in [-0.3, -0.25) is 10.1 Å². The molecule has 0 radical (unpaired) electrons. The number of aryl methyl sites for hydroxylation is 1. The van der Waals surface area contributed by atoms with Gasteiger partial charge in [0, 0.05) is 29.0 Å². The number of carbonyl (C=O) groups excluding carboxylic acids is 1. The molecule has 18 heavy (non-hydrogen) atoms. The molecule has 2 aromatic heterocycles. The second-order valence-electron chi connectivity index (χ2n) is 4.68. The quantitative estimate of drug-likeness (QED) is 0.922. The van der Waals surface area contributed by atoms with E-state index in [-0.39, 0.29) is 5.91 Å². The molecule has 0 saturated heterocycles. The molecule has 0 bridgehead atoms. The molecular weight excluding hydrogens is 246 g/mol. The van der Waals surface area contributed by atoms with E-state index in [1.165, 1.54) is 29.9 Å². The summed E-state index contributed by atoms with van der Waals surface area (Å²) >= 11 is 1.43. The van der Waals surface area contributed by atoms with E-state index in [0.717, 1.165) is 11.3 Å². The van der Waals surface area contributed by atoms with Crippen molar-refractivity contribution in [2.24, 2.45) is 0 Å². The van der Waals surface area contributed by atoms with Gasteiger partial charge in [0.25, 0.3) is 5.91 Å². The lowest BCUT2D eigenvalue weighted by Crippen LogP contribution is -2.13.